The topological polar surface area (TPSA) is 21.3 Å². The highest BCUT2D eigenvalue weighted by Crippen LogP contribution is 2.30. The first-order valence-electron chi connectivity index (χ1n) is 5.64. The SMILES string of the molecule is COCC(C)Nc1ccccc1SC(C)C. The van der Waals surface area contributed by atoms with E-state index in [2.05, 4.69) is 50.4 Å². The van der Waals surface area contributed by atoms with Crippen molar-refractivity contribution in [2.24, 2.45) is 0 Å². The number of anilines is 1. The van der Waals surface area contributed by atoms with E-state index in [1.807, 2.05) is 11.8 Å². The summed E-state index contributed by atoms with van der Waals surface area (Å²) in [5, 5.41) is 4.07. The molecule has 0 spiro atoms. The molecule has 1 atom stereocenters. The van der Waals surface area contributed by atoms with E-state index in [9.17, 15) is 0 Å². The smallest absolute Gasteiger partial charge is 0.0661 e. The quantitative estimate of drug-likeness (QED) is 0.766. The highest BCUT2D eigenvalue weighted by atomic mass is 32.2. The highest BCUT2D eigenvalue weighted by molar-refractivity contribution is 8.00. The fraction of sp³-hybridized carbons (Fsp3) is 0.538. The number of benzene rings is 1. The molecule has 0 radical (unpaired) electrons. The number of hydrogen-bond donors (Lipinski definition) is 1. The number of ether oxygens (including phenoxy) is 1. The molecular weight excluding hydrogens is 218 g/mol. The Balaban J connectivity index is 2.70. The van der Waals surface area contributed by atoms with Gasteiger partial charge >= 0.3 is 0 Å². The zero-order chi connectivity index (χ0) is 12.0. The van der Waals surface area contributed by atoms with Crippen LogP contribution in [0.2, 0.25) is 0 Å². The number of hydrogen-bond acceptors (Lipinski definition) is 3. The second kappa shape index (κ2) is 6.81. The Morgan fingerprint density at radius 1 is 1.25 bits per heavy atom. The molecule has 16 heavy (non-hydrogen) atoms. The van der Waals surface area contributed by atoms with E-state index in [1.165, 1.54) is 10.6 Å². The van der Waals surface area contributed by atoms with E-state index in [-0.39, 0.29) is 0 Å². The van der Waals surface area contributed by atoms with Crippen molar-refractivity contribution in [2.75, 3.05) is 19.0 Å². The third kappa shape index (κ3) is 4.45. The predicted molar refractivity (Wildman–Crippen MR) is 72.4 cm³/mol. The van der Waals surface area contributed by atoms with E-state index >= 15 is 0 Å². The van der Waals surface area contributed by atoms with E-state index in [0.29, 0.717) is 11.3 Å². The fourth-order valence-corrected chi connectivity index (χ4v) is 2.42. The van der Waals surface area contributed by atoms with Gasteiger partial charge in [0.05, 0.1) is 6.61 Å². The van der Waals surface area contributed by atoms with Gasteiger partial charge in [-0.05, 0) is 19.1 Å². The lowest BCUT2D eigenvalue weighted by Crippen LogP contribution is -2.21. The third-order valence-corrected chi connectivity index (χ3v) is 3.15. The summed E-state index contributed by atoms with van der Waals surface area (Å²) in [6.45, 7) is 7.26. The van der Waals surface area contributed by atoms with Crippen molar-refractivity contribution >= 4 is 17.4 Å². The third-order valence-electron chi connectivity index (χ3n) is 2.07. The summed E-state index contributed by atoms with van der Waals surface area (Å²) in [7, 11) is 1.73. The van der Waals surface area contributed by atoms with Gasteiger partial charge in [-0.1, -0.05) is 26.0 Å². The standard InChI is InChI=1S/C13H21NOS/c1-10(2)16-13-8-6-5-7-12(13)14-11(3)9-15-4/h5-8,10-11,14H,9H2,1-4H3. The molecule has 1 rings (SSSR count). The number of thioether (sulfide) groups is 1. The summed E-state index contributed by atoms with van der Waals surface area (Å²) in [6.07, 6.45) is 0. The molecule has 0 bridgehead atoms. The van der Waals surface area contributed by atoms with Crippen LogP contribution in [0.15, 0.2) is 29.2 Å². The summed E-state index contributed by atoms with van der Waals surface area (Å²) in [6, 6.07) is 8.76. The molecule has 2 nitrogen and oxygen atoms in total. The van der Waals surface area contributed by atoms with E-state index in [0.717, 1.165) is 6.61 Å². The van der Waals surface area contributed by atoms with Gasteiger partial charge in [-0.25, -0.2) is 0 Å². The van der Waals surface area contributed by atoms with Crippen LogP contribution in [-0.4, -0.2) is 25.0 Å². The van der Waals surface area contributed by atoms with Gasteiger partial charge in [-0.3, -0.25) is 0 Å². The molecule has 3 heteroatoms. The summed E-state index contributed by atoms with van der Waals surface area (Å²) >= 11 is 1.88. The van der Waals surface area contributed by atoms with Crippen LogP contribution in [-0.2, 0) is 4.74 Å². The van der Waals surface area contributed by atoms with Crippen molar-refractivity contribution < 1.29 is 4.74 Å². The lowest BCUT2D eigenvalue weighted by atomic mass is 10.3. The Morgan fingerprint density at radius 2 is 1.94 bits per heavy atom. The Hall–Kier alpha value is -0.670. The molecule has 0 saturated heterocycles. The summed E-state index contributed by atoms with van der Waals surface area (Å²) in [5.41, 5.74) is 1.20. The van der Waals surface area contributed by atoms with Crippen LogP contribution in [0.3, 0.4) is 0 Å². The van der Waals surface area contributed by atoms with Crippen molar-refractivity contribution in [3.8, 4) is 0 Å². The number of methoxy groups -OCH3 is 1. The maximum atomic E-state index is 5.13. The van der Waals surface area contributed by atoms with Gasteiger partial charge in [-0.15, -0.1) is 11.8 Å². The minimum atomic E-state index is 0.332. The second-order valence-electron chi connectivity index (χ2n) is 4.16. The number of rotatable bonds is 6. The molecule has 1 N–H and O–H groups in total. The molecule has 0 heterocycles. The van der Waals surface area contributed by atoms with Crippen LogP contribution in [0.1, 0.15) is 20.8 Å². The highest BCUT2D eigenvalue weighted by Gasteiger charge is 2.07. The Bertz CT molecular complexity index is 315. The monoisotopic (exact) mass is 239 g/mol. The number of para-hydroxylation sites is 1. The van der Waals surface area contributed by atoms with Crippen LogP contribution < -0.4 is 5.32 Å². The zero-order valence-corrected chi connectivity index (χ0v) is 11.3. The second-order valence-corrected chi connectivity index (χ2v) is 5.78. The molecule has 90 valence electrons. The van der Waals surface area contributed by atoms with Crippen LogP contribution in [0.25, 0.3) is 0 Å². The summed E-state index contributed by atoms with van der Waals surface area (Å²) in [5.74, 6) is 0. The molecule has 0 aliphatic carbocycles. The Labute approximate surface area is 103 Å². The largest absolute Gasteiger partial charge is 0.383 e. The molecule has 1 aromatic rings. The van der Waals surface area contributed by atoms with E-state index < -0.39 is 0 Å². The minimum Gasteiger partial charge on any atom is -0.383 e. The Morgan fingerprint density at radius 3 is 2.56 bits per heavy atom. The predicted octanol–water partition coefficient (Wildman–Crippen LogP) is 3.63. The van der Waals surface area contributed by atoms with Crippen molar-refractivity contribution in [3.63, 3.8) is 0 Å². The number of nitrogens with one attached hydrogen (secondary N) is 1. The molecule has 0 fully saturated rings. The van der Waals surface area contributed by atoms with Crippen molar-refractivity contribution in [1.82, 2.24) is 0 Å². The van der Waals surface area contributed by atoms with Crippen molar-refractivity contribution in [1.29, 1.82) is 0 Å². The van der Waals surface area contributed by atoms with Crippen LogP contribution >= 0.6 is 11.8 Å². The van der Waals surface area contributed by atoms with Crippen molar-refractivity contribution in [3.05, 3.63) is 24.3 Å². The van der Waals surface area contributed by atoms with Gasteiger partial charge in [-0.2, -0.15) is 0 Å². The summed E-state index contributed by atoms with van der Waals surface area (Å²) in [4.78, 5) is 1.31. The normalized spacial score (nSPS) is 12.8. The van der Waals surface area contributed by atoms with E-state index in [4.69, 9.17) is 4.74 Å². The van der Waals surface area contributed by atoms with Gasteiger partial charge in [0, 0.05) is 29.0 Å². The zero-order valence-electron chi connectivity index (χ0n) is 10.5. The van der Waals surface area contributed by atoms with E-state index in [1.54, 1.807) is 7.11 Å². The molecule has 0 aromatic heterocycles. The Kier molecular flexibility index (Phi) is 5.71. The molecule has 0 aliphatic rings. The molecular formula is C13H21NOS. The first kappa shape index (κ1) is 13.4. The maximum Gasteiger partial charge on any atom is 0.0661 e. The van der Waals surface area contributed by atoms with Gasteiger partial charge in [0.25, 0.3) is 0 Å². The molecule has 1 unspecified atom stereocenters. The van der Waals surface area contributed by atoms with Gasteiger partial charge in [0.2, 0.25) is 0 Å². The van der Waals surface area contributed by atoms with Gasteiger partial charge < -0.3 is 10.1 Å². The average molecular weight is 239 g/mol. The molecule has 0 amide bonds. The van der Waals surface area contributed by atoms with Gasteiger partial charge in [0.1, 0.15) is 0 Å². The molecule has 0 aliphatic heterocycles. The fourth-order valence-electron chi connectivity index (χ4n) is 1.50. The first-order valence-corrected chi connectivity index (χ1v) is 6.52. The van der Waals surface area contributed by atoms with Crippen LogP contribution in [0.4, 0.5) is 5.69 Å². The van der Waals surface area contributed by atoms with Crippen molar-refractivity contribution in [2.45, 2.75) is 37.0 Å². The lowest BCUT2D eigenvalue weighted by Gasteiger charge is -2.17. The first-order chi connectivity index (χ1) is 7.63. The maximum absolute atomic E-state index is 5.13. The average Bonchev–Trinajstić information content (AvgIpc) is 2.20. The summed E-state index contributed by atoms with van der Waals surface area (Å²) < 4.78 is 5.13. The van der Waals surface area contributed by atoms with Crippen LogP contribution in [0.5, 0.6) is 0 Å². The van der Waals surface area contributed by atoms with Crippen LogP contribution in [0, 0.1) is 0 Å². The lowest BCUT2D eigenvalue weighted by molar-refractivity contribution is 0.190. The minimum absolute atomic E-state index is 0.332. The van der Waals surface area contributed by atoms with Gasteiger partial charge in [0.15, 0.2) is 0 Å². The molecule has 0 saturated carbocycles. The molecule has 1 aromatic carbocycles.